The average Bonchev–Trinajstić information content (AvgIpc) is 2.26. The van der Waals surface area contributed by atoms with Gasteiger partial charge >= 0.3 is 6.61 Å². The van der Waals surface area contributed by atoms with E-state index in [0.29, 0.717) is 0 Å². The van der Waals surface area contributed by atoms with E-state index in [1.165, 1.54) is 12.1 Å². The highest BCUT2D eigenvalue weighted by Gasteiger charge is 2.36. The first-order valence-electron chi connectivity index (χ1n) is 5.80. The summed E-state index contributed by atoms with van der Waals surface area (Å²) < 4.78 is 56.7. The number of halogens is 2. The minimum absolute atomic E-state index is 0.0660. The van der Waals surface area contributed by atoms with Crippen LogP contribution in [-0.2, 0) is 19.0 Å². The van der Waals surface area contributed by atoms with E-state index in [2.05, 4.69) is 4.74 Å². The van der Waals surface area contributed by atoms with Gasteiger partial charge in [0.1, 0.15) is 0 Å². The van der Waals surface area contributed by atoms with Crippen LogP contribution in [0.3, 0.4) is 0 Å². The van der Waals surface area contributed by atoms with Crippen LogP contribution in [0.1, 0.15) is 18.4 Å². The molecule has 19 heavy (non-hydrogen) atoms. The van der Waals surface area contributed by atoms with Gasteiger partial charge in [-0.2, -0.15) is 17.2 Å². The molecule has 0 spiro atoms. The Morgan fingerprint density at radius 2 is 1.74 bits per heavy atom. The third-order valence-corrected chi connectivity index (χ3v) is 4.29. The van der Waals surface area contributed by atoms with Crippen LogP contribution in [0.15, 0.2) is 29.2 Å². The highest BCUT2D eigenvalue weighted by atomic mass is 32.2. The van der Waals surface area contributed by atoms with Crippen LogP contribution in [0, 0.1) is 6.92 Å². The summed E-state index contributed by atoms with van der Waals surface area (Å²) in [5.41, 5.74) is 0.938. The summed E-state index contributed by atoms with van der Waals surface area (Å²) in [4.78, 5) is 0.0660. The van der Waals surface area contributed by atoms with E-state index in [1.807, 2.05) is 6.92 Å². The maximum Gasteiger partial charge on any atom is 0.345 e. The number of hydrogen-bond acceptors (Lipinski definition) is 4. The molecule has 106 valence electrons. The van der Waals surface area contributed by atoms with Crippen molar-refractivity contribution in [2.45, 2.75) is 43.5 Å². The molecule has 0 radical (unpaired) electrons. The Balaban J connectivity index is 1.91. The van der Waals surface area contributed by atoms with Crippen molar-refractivity contribution in [3.63, 3.8) is 0 Å². The van der Waals surface area contributed by atoms with Crippen molar-refractivity contribution >= 4 is 10.1 Å². The molecule has 1 aromatic carbocycles. The molecule has 0 saturated heterocycles. The Morgan fingerprint density at radius 1 is 1.16 bits per heavy atom. The van der Waals surface area contributed by atoms with Gasteiger partial charge in [0.05, 0.1) is 17.1 Å². The second kappa shape index (κ2) is 5.52. The van der Waals surface area contributed by atoms with Gasteiger partial charge in [-0.15, -0.1) is 0 Å². The lowest BCUT2D eigenvalue weighted by Gasteiger charge is -2.33. The molecule has 1 aliphatic rings. The minimum Gasteiger partial charge on any atom is -0.319 e. The maximum atomic E-state index is 11.9. The zero-order chi connectivity index (χ0) is 14.0. The molecule has 0 N–H and O–H groups in total. The summed E-state index contributed by atoms with van der Waals surface area (Å²) in [6, 6.07) is 6.24. The lowest BCUT2D eigenvalue weighted by atomic mass is 9.92. The number of alkyl halides is 2. The quantitative estimate of drug-likeness (QED) is 0.782. The van der Waals surface area contributed by atoms with Crippen LogP contribution >= 0.6 is 0 Å². The van der Waals surface area contributed by atoms with Crippen molar-refractivity contribution < 1.29 is 26.1 Å². The normalized spacial score (nSPS) is 23.4. The summed E-state index contributed by atoms with van der Waals surface area (Å²) in [5.74, 6) is 0. The van der Waals surface area contributed by atoms with Gasteiger partial charge in [-0.25, -0.2) is 0 Å². The fraction of sp³-hybridized carbons (Fsp3) is 0.500. The molecule has 0 heterocycles. The van der Waals surface area contributed by atoms with Gasteiger partial charge in [0.15, 0.2) is 0 Å². The van der Waals surface area contributed by atoms with E-state index in [4.69, 9.17) is 4.18 Å². The van der Waals surface area contributed by atoms with Crippen molar-refractivity contribution in [2.24, 2.45) is 0 Å². The zero-order valence-corrected chi connectivity index (χ0v) is 11.1. The predicted octanol–water partition coefficient (Wildman–Crippen LogP) is 2.47. The summed E-state index contributed by atoms with van der Waals surface area (Å²) in [6.45, 7) is -0.991. The molecule has 1 saturated carbocycles. The number of aryl methyl sites for hydroxylation is 1. The number of hydrogen-bond donors (Lipinski definition) is 0. The third-order valence-electron chi connectivity index (χ3n) is 2.92. The molecule has 0 unspecified atom stereocenters. The first kappa shape index (κ1) is 14.4. The summed E-state index contributed by atoms with van der Waals surface area (Å²) >= 11 is 0. The Bertz CT molecular complexity index is 521. The summed E-state index contributed by atoms with van der Waals surface area (Å²) in [6.07, 6.45) is -0.890. The Labute approximate surface area is 110 Å². The summed E-state index contributed by atoms with van der Waals surface area (Å²) in [5, 5.41) is 0. The van der Waals surface area contributed by atoms with Gasteiger partial charge in [0.25, 0.3) is 10.1 Å². The first-order valence-corrected chi connectivity index (χ1v) is 7.21. The Morgan fingerprint density at radius 3 is 2.26 bits per heavy atom. The average molecular weight is 292 g/mol. The van der Waals surface area contributed by atoms with E-state index in [-0.39, 0.29) is 17.7 Å². The van der Waals surface area contributed by atoms with Gasteiger partial charge in [0, 0.05) is 12.8 Å². The summed E-state index contributed by atoms with van der Waals surface area (Å²) in [7, 11) is -3.83. The van der Waals surface area contributed by atoms with Gasteiger partial charge in [-0.1, -0.05) is 17.7 Å². The SMILES string of the molecule is Cc1ccc(S(=O)(=O)O[C@H]2C[C@@H](OC(F)F)C2)cc1. The highest BCUT2D eigenvalue weighted by molar-refractivity contribution is 7.86. The number of rotatable bonds is 5. The fourth-order valence-electron chi connectivity index (χ4n) is 1.79. The van der Waals surface area contributed by atoms with Crippen molar-refractivity contribution in [3.05, 3.63) is 29.8 Å². The van der Waals surface area contributed by atoms with E-state index in [0.717, 1.165) is 5.56 Å². The molecule has 0 aliphatic heterocycles. The van der Waals surface area contributed by atoms with Crippen LogP contribution in [0.5, 0.6) is 0 Å². The molecule has 0 amide bonds. The molecule has 0 bridgehead atoms. The lowest BCUT2D eigenvalue weighted by Crippen LogP contribution is -2.39. The van der Waals surface area contributed by atoms with E-state index in [9.17, 15) is 17.2 Å². The largest absolute Gasteiger partial charge is 0.345 e. The van der Waals surface area contributed by atoms with E-state index >= 15 is 0 Å². The minimum atomic E-state index is -3.83. The molecule has 1 fully saturated rings. The lowest BCUT2D eigenvalue weighted by molar-refractivity contribution is -0.196. The molecular formula is C12H14F2O4S. The van der Waals surface area contributed by atoms with Gasteiger partial charge in [-0.3, -0.25) is 4.18 Å². The van der Waals surface area contributed by atoms with Crippen LogP contribution in [0.2, 0.25) is 0 Å². The van der Waals surface area contributed by atoms with Gasteiger partial charge in [-0.05, 0) is 19.1 Å². The predicted molar refractivity (Wildman–Crippen MR) is 63.3 cm³/mol. The van der Waals surface area contributed by atoms with Gasteiger partial charge < -0.3 is 4.74 Å². The smallest absolute Gasteiger partial charge is 0.319 e. The van der Waals surface area contributed by atoms with Crippen LogP contribution in [-0.4, -0.2) is 27.2 Å². The third kappa shape index (κ3) is 3.71. The molecule has 0 atom stereocenters. The molecule has 0 aromatic heterocycles. The fourth-order valence-corrected chi connectivity index (χ4v) is 2.89. The van der Waals surface area contributed by atoms with Crippen LogP contribution in [0.4, 0.5) is 8.78 Å². The van der Waals surface area contributed by atoms with Crippen molar-refractivity contribution in [1.82, 2.24) is 0 Å². The van der Waals surface area contributed by atoms with E-state index in [1.54, 1.807) is 12.1 Å². The molecule has 2 rings (SSSR count). The second-order valence-electron chi connectivity index (χ2n) is 4.48. The molecule has 1 aliphatic carbocycles. The number of ether oxygens (including phenoxy) is 1. The Hall–Kier alpha value is -1.05. The highest BCUT2D eigenvalue weighted by Crippen LogP contribution is 2.30. The topological polar surface area (TPSA) is 52.6 Å². The standard InChI is InChI=1S/C12H14F2O4S/c1-8-2-4-11(5-3-8)19(15,16)18-10-6-9(7-10)17-12(13)14/h2-5,9-10,12H,6-7H2,1H3/t9-,10+. The molecule has 7 heteroatoms. The van der Waals surface area contributed by atoms with Crippen molar-refractivity contribution in [2.75, 3.05) is 0 Å². The second-order valence-corrected chi connectivity index (χ2v) is 6.05. The number of benzene rings is 1. The van der Waals surface area contributed by atoms with Crippen LogP contribution < -0.4 is 0 Å². The van der Waals surface area contributed by atoms with Gasteiger partial charge in [0.2, 0.25) is 0 Å². The zero-order valence-electron chi connectivity index (χ0n) is 10.3. The first-order chi connectivity index (χ1) is 8.87. The molecule has 1 aromatic rings. The molecule has 4 nitrogen and oxygen atoms in total. The maximum absolute atomic E-state index is 11.9. The van der Waals surface area contributed by atoms with E-state index < -0.39 is 28.9 Å². The van der Waals surface area contributed by atoms with Crippen LogP contribution in [0.25, 0.3) is 0 Å². The monoisotopic (exact) mass is 292 g/mol. The molecular weight excluding hydrogens is 278 g/mol. The van der Waals surface area contributed by atoms with Crippen molar-refractivity contribution in [1.29, 1.82) is 0 Å². The van der Waals surface area contributed by atoms with Crippen molar-refractivity contribution in [3.8, 4) is 0 Å². The Kier molecular flexibility index (Phi) is 4.17.